The lowest BCUT2D eigenvalue weighted by Gasteiger charge is -2.55. The van der Waals surface area contributed by atoms with Gasteiger partial charge in [-0.2, -0.15) is 0 Å². The summed E-state index contributed by atoms with van der Waals surface area (Å²) in [6.07, 6.45) is 7.35. The summed E-state index contributed by atoms with van der Waals surface area (Å²) < 4.78 is 0. The summed E-state index contributed by atoms with van der Waals surface area (Å²) in [7, 11) is 0. The van der Waals surface area contributed by atoms with Crippen LogP contribution in [0.5, 0.6) is 0 Å². The van der Waals surface area contributed by atoms with Crippen molar-refractivity contribution in [1.82, 2.24) is 4.90 Å². The van der Waals surface area contributed by atoms with Crippen molar-refractivity contribution in [1.29, 1.82) is 0 Å². The van der Waals surface area contributed by atoms with Crippen LogP contribution in [0, 0.1) is 23.2 Å². The molecule has 1 aromatic rings. The highest BCUT2D eigenvalue weighted by molar-refractivity contribution is 5.96. The summed E-state index contributed by atoms with van der Waals surface area (Å²) in [5.41, 5.74) is 1.93. The maximum absolute atomic E-state index is 13.3. The van der Waals surface area contributed by atoms with Crippen molar-refractivity contribution in [2.75, 3.05) is 36.4 Å². The van der Waals surface area contributed by atoms with Crippen molar-refractivity contribution >= 4 is 23.2 Å². The van der Waals surface area contributed by atoms with Gasteiger partial charge in [-0.25, -0.2) is 0 Å². The van der Waals surface area contributed by atoms with Crippen molar-refractivity contribution < 1.29 is 9.59 Å². The molecule has 0 radical (unpaired) electrons. The number of nitrogens with one attached hydrogen (secondary N) is 1. The van der Waals surface area contributed by atoms with Gasteiger partial charge in [0.2, 0.25) is 11.8 Å². The second-order valence-corrected chi connectivity index (χ2v) is 9.70. The van der Waals surface area contributed by atoms with E-state index in [0.717, 1.165) is 74.6 Å². The van der Waals surface area contributed by atoms with Crippen LogP contribution in [0.2, 0.25) is 0 Å². The van der Waals surface area contributed by atoms with Gasteiger partial charge in [-0.05, 0) is 74.5 Å². The molecule has 5 heteroatoms. The molecule has 5 nitrogen and oxygen atoms in total. The third-order valence-corrected chi connectivity index (χ3v) is 7.71. The Balaban J connectivity index is 1.27. The van der Waals surface area contributed by atoms with Crippen LogP contribution >= 0.6 is 0 Å². The average molecular weight is 382 g/mol. The van der Waals surface area contributed by atoms with Gasteiger partial charge in [-0.1, -0.05) is 6.07 Å². The fraction of sp³-hybridized carbons (Fsp3) is 0.652. The van der Waals surface area contributed by atoms with Gasteiger partial charge in [-0.15, -0.1) is 0 Å². The molecule has 28 heavy (non-hydrogen) atoms. The number of piperazine rings is 1. The maximum atomic E-state index is 13.3. The van der Waals surface area contributed by atoms with Gasteiger partial charge in [0.05, 0.1) is 5.41 Å². The minimum Gasteiger partial charge on any atom is -0.368 e. The number of nitrogens with zero attached hydrogens (tertiary/aromatic N) is 2. The highest BCUT2D eigenvalue weighted by atomic mass is 16.2. The molecule has 5 fully saturated rings. The average Bonchev–Trinajstić information content (AvgIpc) is 2.67. The lowest BCUT2D eigenvalue weighted by molar-refractivity contribution is -0.140. The van der Waals surface area contributed by atoms with E-state index in [-0.39, 0.29) is 17.2 Å². The fourth-order valence-corrected chi connectivity index (χ4v) is 6.71. The first-order chi connectivity index (χ1) is 13.5. The molecular weight excluding hydrogens is 350 g/mol. The molecule has 0 spiro atoms. The second kappa shape index (κ2) is 6.78. The molecule has 1 aliphatic heterocycles. The van der Waals surface area contributed by atoms with Crippen LogP contribution in [-0.4, -0.2) is 42.9 Å². The molecule has 1 saturated heterocycles. The molecule has 1 heterocycles. The molecule has 4 aliphatic carbocycles. The van der Waals surface area contributed by atoms with E-state index in [1.807, 2.05) is 17.0 Å². The Morgan fingerprint density at radius 2 is 1.57 bits per heavy atom. The monoisotopic (exact) mass is 381 g/mol. The van der Waals surface area contributed by atoms with Crippen molar-refractivity contribution in [3.8, 4) is 0 Å². The highest BCUT2D eigenvalue weighted by Crippen LogP contribution is 2.60. The van der Waals surface area contributed by atoms with E-state index in [9.17, 15) is 9.59 Å². The molecule has 6 rings (SSSR count). The zero-order valence-corrected chi connectivity index (χ0v) is 16.8. The Hall–Kier alpha value is -2.04. The van der Waals surface area contributed by atoms with Crippen molar-refractivity contribution in [2.45, 2.75) is 45.4 Å². The zero-order chi connectivity index (χ0) is 19.3. The minimum atomic E-state index is -0.113. The van der Waals surface area contributed by atoms with Crippen molar-refractivity contribution in [3.05, 3.63) is 24.3 Å². The van der Waals surface area contributed by atoms with Gasteiger partial charge in [0, 0.05) is 44.5 Å². The van der Waals surface area contributed by atoms with Gasteiger partial charge in [0.25, 0.3) is 0 Å². The number of carbonyl (C=O) groups excluding carboxylic acids is 2. The normalized spacial score (nSPS) is 33.8. The third-order valence-electron chi connectivity index (χ3n) is 7.71. The van der Waals surface area contributed by atoms with Gasteiger partial charge in [-0.3, -0.25) is 9.59 Å². The summed E-state index contributed by atoms with van der Waals surface area (Å²) in [6.45, 7) is 4.84. The van der Waals surface area contributed by atoms with E-state index < -0.39 is 0 Å². The van der Waals surface area contributed by atoms with E-state index in [2.05, 4.69) is 22.3 Å². The van der Waals surface area contributed by atoms with Crippen LogP contribution < -0.4 is 10.2 Å². The minimum absolute atomic E-state index is 0.113. The number of benzene rings is 1. The Labute approximate surface area is 167 Å². The Morgan fingerprint density at radius 3 is 2.14 bits per heavy atom. The largest absolute Gasteiger partial charge is 0.368 e. The smallest absolute Gasteiger partial charge is 0.230 e. The fourth-order valence-electron chi connectivity index (χ4n) is 6.71. The predicted molar refractivity (Wildman–Crippen MR) is 110 cm³/mol. The molecule has 4 bridgehead atoms. The van der Waals surface area contributed by atoms with E-state index in [1.54, 1.807) is 6.92 Å². The Morgan fingerprint density at radius 1 is 0.964 bits per heavy atom. The predicted octanol–water partition coefficient (Wildman–Crippen LogP) is 3.51. The molecule has 0 atom stereocenters. The first-order valence-corrected chi connectivity index (χ1v) is 10.9. The summed E-state index contributed by atoms with van der Waals surface area (Å²) in [6, 6.07) is 8.24. The molecular formula is C23H31N3O2. The number of anilines is 2. The molecule has 0 unspecified atom stereocenters. The second-order valence-electron chi connectivity index (χ2n) is 9.70. The lowest BCUT2D eigenvalue weighted by atomic mass is 9.49. The van der Waals surface area contributed by atoms with Gasteiger partial charge in [0.1, 0.15) is 0 Å². The third kappa shape index (κ3) is 3.19. The van der Waals surface area contributed by atoms with Crippen molar-refractivity contribution in [2.24, 2.45) is 23.2 Å². The molecule has 150 valence electrons. The number of rotatable bonds is 3. The summed E-state index contributed by atoms with van der Waals surface area (Å²) >= 11 is 0. The number of hydrogen-bond acceptors (Lipinski definition) is 3. The van der Waals surface area contributed by atoms with Crippen LogP contribution in [0.3, 0.4) is 0 Å². The van der Waals surface area contributed by atoms with Crippen LogP contribution in [0.1, 0.15) is 45.4 Å². The van der Waals surface area contributed by atoms with Crippen LogP contribution in [-0.2, 0) is 9.59 Å². The standard InChI is InChI=1S/C23H31N3O2/c1-16(27)25-5-7-26(8-6-25)21-4-2-3-20(12-21)24-22(28)23-13-17-9-18(14-23)11-19(10-17)15-23/h2-4,12,17-19H,5-11,13-15H2,1H3,(H,24,28). The number of hydrogen-bond donors (Lipinski definition) is 1. The molecule has 4 saturated carbocycles. The van der Waals surface area contributed by atoms with Crippen molar-refractivity contribution in [3.63, 3.8) is 0 Å². The molecule has 5 aliphatic rings. The first kappa shape index (κ1) is 18.0. The van der Waals surface area contributed by atoms with Crippen LogP contribution in [0.4, 0.5) is 11.4 Å². The van der Waals surface area contributed by atoms with Crippen LogP contribution in [0.25, 0.3) is 0 Å². The van der Waals surface area contributed by atoms with E-state index >= 15 is 0 Å². The SMILES string of the molecule is CC(=O)N1CCN(c2cccc(NC(=O)C34CC5CC(CC(C5)C3)C4)c2)CC1. The quantitative estimate of drug-likeness (QED) is 0.872. The Kier molecular flexibility index (Phi) is 4.37. The molecule has 1 aromatic carbocycles. The highest BCUT2D eigenvalue weighted by Gasteiger charge is 2.54. The molecule has 1 N–H and O–H groups in total. The van der Waals surface area contributed by atoms with E-state index in [1.165, 1.54) is 19.3 Å². The summed E-state index contributed by atoms with van der Waals surface area (Å²) in [4.78, 5) is 29.0. The first-order valence-electron chi connectivity index (χ1n) is 10.9. The van der Waals surface area contributed by atoms with E-state index in [0.29, 0.717) is 0 Å². The van der Waals surface area contributed by atoms with E-state index in [4.69, 9.17) is 0 Å². The molecule has 0 aromatic heterocycles. The topological polar surface area (TPSA) is 52.7 Å². The van der Waals surface area contributed by atoms with Gasteiger partial charge >= 0.3 is 0 Å². The lowest BCUT2D eigenvalue weighted by Crippen LogP contribution is -2.51. The summed E-state index contributed by atoms with van der Waals surface area (Å²) in [5.74, 6) is 2.74. The number of amides is 2. The number of carbonyl (C=O) groups is 2. The van der Waals surface area contributed by atoms with Gasteiger partial charge in [0.15, 0.2) is 0 Å². The van der Waals surface area contributed by atoms with Crippen LogP contribution in [0.15, 0.2) is 24.3 Å². The Bertz CT molecular complexity index is 747. The molecule has 2 amide bonds. The van der Waals surface area contributed by atoms with Gasteiger partial charge < -0.3 is 15.1 Å². The zero-order valence-electron chi connectivity index (χ0n) is 16.8. The maximum Gasteiger partial charge on any atom is 0.230 e. The summed E-state index contributed by atoms with van der Waals surface area (Å²) in [5, 5.41) is 3.28.